The van der Waals surface area contributed by atoms with E-state index in [9.17, 15) is 9.59 Å². The molecule has 3 rings (SSSR count). The summed E-state index contributed by atoms with van der Waals surface area (Å²) in [7, 11) is 2.07. The van der Waals surface area contributed by atoms with Gasteiger partial charge in [0.1, 0.15) is 11.4 Å². The van der Waals surface area contributed by atoms with Crippen molar-refractivity contribution in [2.75, 3.05) is 39.8 Å². The van der Waals surface area contributed by atoms with Gasteiger partial charge in [0.25, 0.3) is 11.8 Å². The van der Waals surface area contributed by atoms with E-state index in [1.165, 1.54) is 4.90 Å². The number of nitrogens with zero attached hydrogens (tertiary/aromatic N) is 3. The average Bonchev–Trinajstić information content (AvgIpc) is 2.88. The van der Waals surface area contributed by atoms with Gasteiger partial charge >= 0.3 is 0 Å². The first-order valence-corrected chi connectivity index (χ1v) is 9.73. The molecule has 1 saturated heterocycles. The smallest absolute Gasteiger partial charge is 0.277 e. The summed E-state index contributed by atoms with van der Waals surface area (Å²) in [5.41, 5.74) is 1.85. The minimum Gasteiger partial charge on any atom is -0.491 e. The largest absolute Gasteiger partial charge is 0.491 e. The molecule has 0 saturated carbocycles. The van der Waals surface area contributed by atoms with Gasteiger partial charge in [0.15, 0.2) is 0 Å². The van der Waals surface area contributed by atoms with Gasteiger partial charge in [-0.3, -0.25) is 14.5 Å². The van der Waals surface area contributed by atoms with Crippen LogP contribution in [0.4, 0.5) is 0 Å². The van der Waals surface area contributed by atoms with E-state index < -0.39 is 0 Å². The summed E-state index contributed by atoms with van der Waals surface area (Å²) in [6, 6.07) is 7.49. The van der Waals surface area contributed by atoms with Crippen molar-refractivity contribution in [1.29, 1.82) is 0 Å². The lowest BCUT2D eigenvalue weighted by Gasteiger charge is -2.34. The average molecular weight is 371 g/mol. The number of benzene rings is 1. The number of hydrogen-bond acceptors (Lipinski definition) is 5. The molecule has 146 valence electrons. The summed E-state index contributed by atoms with van der Waals surface area (Å²) in [4.78, 5) is 31.8. The van der Waals surface area contributed by atoms with Crippen molar-refractivity contribution in [3.05, 3.63) is 35.5 Å². The van der Waals surface area contributed by atoms with E-state index in [2.05, 4.69) is 16.8 Å². The molecule has 27 heavy (non-hydrogen) atoms. The van der Waals surface area contributed by atoms with Crippen molar-refractivity contribution in [3.8, 4) is 5.75 Å². The maximum Gasteiger partial charge on any atom is 0.277 e. The molecule has 0 aromatic heterocycles. The highest BCUT2D eigenvalue weighted by molar-refractivity contribution is 6.35. The standard InChI is InChI=1S/C21H29N3O3/c1-5-10-24-20(25)18(16-6-8-17(9-7-16)27-15(2)3)19(21(24)26)23-13-11-22(4)12-14-23/h6-9,15H,5,10-14H2,1-4H3. The van der Waals surface area contributed by atoms with Gasteiger partial charge in [-0.2, -0.15) is 0 Å². The number of likely N-dealkylation sites (N-methyl/N-ethyl adjacent to an activating group) is 1. The van der Waals surface area contributed by atoms with Crippen LogP contribution in [0.1, 0.15) is 32.8 Å². The van der Waals surface area contributed by atoms with Gasteiger partial charge in [-0.15, -0.1) is 0 Å². The molecule has 0 bridgehead atoms. The summed E-state index contributed by atoms with van der Waals surface area (Å²) in [6.45, 7) is 9.65. The van der Waals surface area contributed by atoms with E-state index in [0.29, 0.717) is 17.8 Å². The number of ether oxygens (including phenoxy) is 1. The Morgan fingerprint density at radius 2 is 1.63 bits per heavy atom. The van der Waals surface area contributed by atoms with E-state index in [1.807, 2.05) is 45.0 Å². The monoisotopic (exact) mass is 371 g/mol. The Morgan fingerprint density at radius 3 is 2.19 bits per heavy atom. The fourth-order valence-corrected chi connectivity index (χ4v) is 3.55. The van der Waals surface area contributed by atoms with Crippen LogP contribution >= 0.6 is 0 Å². The lowest BCUT2D eigenvalue weighted by molar-refractivity contribution is -0.137. The Hall–Kier alpha value is -2.34. The van der Waals surface area contributed by atoms with Crippen molar-refractivity contribution in [2.24, 2.45) is 0 Å². The molecule has 0 unspecified atom stereocenters. The fraction of sp³-hybridized carbons (Fsp3) is 0.524. The van der Waals surface area contributed by atoms with E-state index in [0.717, 1.165) is 43.9 Å². The summed E-state index contributed by atoms with van der Waals surface area (Å²) >= 11 is 0. The second kappa shape index (κ2) is 8.13. The Balaban J connectivity index is 1.97. The predicted molar refractivity (Wildman–Crippen MR) is 105 cm³/mol. The molecule has 1 aromatic rings. The van der Waals surface area contributed by atoms with Crippen molar-refractivity contribution < 1.29 is 14.3 Å². The SMILES string of the molecule is CCCN1C(=O)C(c2ccc(OC(C)C)cc2)=C(N2CCN(C)CC2)C1=O. The van der Waals surface area contributed by atoms with Crippen LogP contribution in [0.3, 0.4) is 0 Å². The first-order valence-electron chi connectivity index (χ1n) is 9.73. The number of amides is 2. The Bertz CT molecular complexity index is 732. The molecule has 1 aromatic carbocycles. The van der Waals surface area contributed by atoms with Crippen LogP contribution in [0.2, 0.25) is 0 Å². The molecule has 2 aliphatic heterocycles. The summed E-state index contributed by atoms with van der Waals surface area (Å²) < 4.78 is 5.70. The molecular formula is C21H29N3O3. The predicted octanol–water partition coefficient (Wildman–Crippen LogP) is 2.21. The number of hydrogen-bond donors (Lipinski definition) is 0. The molecule has 2 aliphatic rings. The molecule has 2 heterocycles. The topological polar surface area (TPSA) is 53.1 Å². The summed E-state index contributed by atoms with van der Waals surface area (Å²) in [5.74, 6) is 0.412. The zero-order valence-electron chi connectivity index (χ0n) is 16.7. The van der Waals surface area contributed by atoms with Crippen LogP contribution in [-0.4, -0.2) is 72.4 Å². The summed E-state index contributed by atoms with van der Waals surface area (Å²) in [6.07, 6.45) is 0.841. The van der Waals surface area contributed by atoms with Gasteiger partial charge in [0.05, 0.1) is 11.7 Å². The molecular weight excluding hydrogens is 342 g/mol. The van der Waals surface area contributed by atoms with E-state index in [4.69, 9.17) is 4.74 Å². The highest BCUT2D eigenvalue weighted by atomic mass is 16.5. The minimum atomic E-state index is -0.187. The van der Waals surface area contributed by atoms with Gasteiger partial charge < -0.3 is 14.5 Å². The maximum absolute atomic E-state index is 13.1. The van der Waals surface area contributed by atoms with Gasteiger partial charge in [0, 0.05) is 32.7 Å². The first-order chi connectivity index (χ1) is 12.9. The zero-order valence-corrected chi connectivity index (χ0v) is 16.7. The molecule has 0 spiro atoms. The van der Waals surface area contributed by atoms with E-state index >= 15 is 0 Å². The third-order valence-electron chi connectivity index (χ3n) is 4.93. The van der Waals surface area contributed by atoms with Crippen molar-refractivity contribution in [3.63, 3.8) is 0 Å². The molecule has 0 radical (unpaired) electrons. The lowest BCUT2D eigenvalue weighted by atomic mass is 10.0. The quantitative estimate of drug-likeness (QED) is 0.718. The Morgan fingerprint density at radius 1 is 1.00 bits per heavy atom. The molecule has 0 aliphatic carbocycles. The van der Waals surface area contributed by atoms with Crippen LogP contribution in [0, 0.1) is 0 Å². The van der Waals surface area contributed by atoms with Crippen LogP contribution in [0.25, 0.3) is 5.57 Å². The highest BCUT2D eigenvalue weighted by Gasteiger charge is 2.41. The van der Waals surface area contributed by atoms with Gasteiger partial charge in [0.2, 0.25) is 0 Å². The second-order valence-electron chi connectivity index (χ2n) is 7.47. The fourth-order valence-electron chi connectivity index (χ4n) is 3.55. The Kier molecular flexibility index (Phi) is 5.85. The lowest BCUT2D eigenvalue weighted by Crippen LogP contribution is -2.46. The Labute approximate surface area is 161 Å². The van der Waals surface area contributed by atoms with Crippen molar-refractivity contribution >= 4 is 17.4 Å². The van der Waals surface area contributed by atoms with Crippen LogP contribution in [0.15, 0.2) is 30.0 Å². The molecule has 0 N–H and O–H groups in total. The minimum absolute atomic E-state index is 0.0886. The normalized spacial score (nSPS) is 18.9. The molecule has 6 heteroatoms. The third kappa shape index (κ3) is 4.00. The third-order valence-corrected chi connectivity index (χ3v) is 4.93. The van der Waals surface area contributed by atoms with Crippen molar-refractivity contribution in [2.45, 2.75) is 33.3 Å². The van der Waals surface area contributed by atoms with Crippen LogP contribution in [-0.2, 0) is 9.59 Å². The van der Waals surface area contributed by atoms with E-state index in [1.54, 1.807) is 0 Å². The van der Waals surface area contributed by atoms with Crippen LogP contribution in [0.5, 0.6) is 5.75 Å². The molecule has 2 amide bonds. The summed E-state index contributed by atoms with van der Waals surface area (Å²) in [5, 5.41) is 0. The number of carbonyl (C=O) groups excluding carboxylic acids is 2. The molecule has 1 fully saturated rings. The van der Waals surface area contributed by atoms with Gasteiger partial charge in [-0.1, -0.05) is 19.1 Å². The molecule has 0 atom stereocenters. The van der Waals surface area contributed by atoms with Gasteiger partial charge in [-0.25, -0.2) is 0 Å². The van der Waals surface area contributed by atoms with Gasteiger partial charge in [-0.05, 0) is 45.0 Å². The maximum atomic E-state index is 13.1. The first kappa shape index (κ1) is 19.4. The van der Waals surface area contributed by atoms with E-state index in [-0.39, 0.29) is 17.9 Å². The number of rotatable bonds is 6. The number of carbonyl (C=O) groups is 2. The molecule has 6 nitrogen and oxygen atoms in total. The number of piperazine rings is 1. The highest BCUT2D eigenvalue weighted by Crippen LogP contribution is 2.33. The second-order valence-corrected chi connectivity index (χ2v) is 7.47. The van der Waals surface area contributed by atoms with Crippen molar-refractivity contribution in [1.82, 2.24) is 14.7 Å². The number of imide groups is 1. The van der Waals surface area contributed by atoms with Crippen LogP contribution < -0.4 is 4.74 Å². The zero-order chi connectivity index (χ0) is 19.6.